The van der Waals surface area contributed by atoms with Gasteiger partial charge in [-0.05, 0) is 43.7 Å². The van der Waals surface area contributed by atoms with Crippen molar-refractivity contribution in [2.45, 2.75) is 26.1 Å². The molecule has 194 valence electrons. The third kappa shape index (κ3) is 4.64. The zero-order chi connectivity index (χ0) is 26.5. The number of carbonyl (C=O) groups is 1. The number of carboxylic acids is 1. The van der Waals surface area contributed by atoms with Gasteiger partial charge in [-0.3, -0.25) is 4.40 Å². The number of rotatable bonds is 5. The Hall–Kier alpha value is -3.93. The summed E-state index contributed by atoms with van der Waals surface area (Å²) >= 11 is 0. The summed E-state index contributed by atoms with van der Waals surface area (Å²) in [4.78, 5) is 22.2. The number of benzene rings is 2. The number of aromatic nitrogens is 3. The van der Waals surface area contributed by atoms with Crippen molar-refractivity contribution in [2.24, 2.45) is 0 Å². The summed E-state index contributed by atoms with van der Waals surface area (Å²) in [5.41, 5.74) is 0.788. The highest BCUT2D eigenvalue weighted by Crippen LogP contribution is 2.35. The highest BCUT2D eigenvalue weighted by molar-refractivity contribution is 5.96. The standard InChI is InChI=1S/C25H23F4N5O3/c1-13-9-17(14(2)30-19-11-15(26)3-4-16(19)23(35)36)21-18(10-13)22-31-20(25(27,28)29)12-34(22)24(32-21)33-5-7-37-8-6-33/h3-4,9-12,14,30H,5-8H2,1-2H3,(H,35,36). The normalized spacial score (nSPS) is 15.4. The van der Waals surface area contributed by atoms with E-state index in [1.165, 1.54) is 10.5 Å². The number of hydrogen-bond acceptors (Lipinski definition) is 6. The van der Waals surface area contributed by atoms with Crippen LogP contribution < -0.4 is 10.2 Å². The van der Waals surface area contributed by atoms with Crippen LogP contribution in [0.1, 0.15) is 40.1 Å². The molecule has 4 aromatic rings. The van der Waals surface area contributed by atoms with Gasteiger partial charge in [0, 0.05) is 30.2 Å². The van der Waals surface area contributed by atoms with Crippen molar-refractivity contribution in [3.63, 3.8) is 0 Å². The molecule has 1 unspecified atom stereocenters. The Labute approximate surface area is 208 Å². The molecule has 0 bridgehead atoms. The molecule has 12 heteroatoms. The molecule has 5 rings (SSSR count). The average Bonchev–Trinajstić information content (AvgIpc) is 3.30. The summed E-state index contributed by atoms with van der Waals surface area (Å²) in [6.45, 7) is 5.22. The van der Waals surface area contributed by atoms with E-state index in [2.05, 4.69) is 10.3 Å². The number of anilines is 2. The van der Waals surface area contributed by atoms with Gasteiger partial charge in [0.1, 0.15) is 11.5 Å². The van der Waals surface area contributed by atoms with Crippen molar-refractivity contribution in [3.05, 3.63) is 64.7 Å². The van der Waals surface area contributed by atoms with Crippen molar-refractivity contribution in [2.75, 3.05) is 36.5 Å². The van der Waals surface area contributed by atoms with Gasteiger partial charge < -0.3 is 20.1 Å². The number of nitrogens with one attached hydrogen (secondary N) is 1. The Balaban J connectivity index is 1.71. The van der Waals surface area contributed by atoms with Crippen LogP contribution in [0.25, 0.3) is 16.6 Å². The third-order valence-electron chi connectivity index (χ3n) is 6.29. The fraction of sp³-hybridized carbons (Fsp3) is 0.320. The fourth-order valence-electron chi connectivity index (χ4n) is 4.57. The van der Waals surface area contributed by atoms with Gasteiger partial charge in [-0.1, -0.05) is 6.07 Å². The molecule has 1 aliphatic rings. The monoisotopic (exact) mass is 517 g/mol. The van der Waals surface area contributed by atoms with E-state index in [0.29, 0.717) is 48.7 Å². The maximum atomic E-state index is 13.9. The Morgan fingerprint density at radius 2 is 1.89 bits per heavy atom. The summed E-state index contributed by atoms with van der Waals surface area (Å²) < 4.78 is 61.6. The second kappa shape index (κ2) is 9.18. The maximum Gasteiger partial charge on any atom is 0.434 e. The van der Waals surface area contributed by atoms with Crippen LogP contribution in [0, 0.1) is 12.7 Å². The summed E-state index contributed by atoms with van der Waals surface area (Å²) in [6.07, 6.45) is -3.70. The first kappa shape index (κ1) is 24.8. The first-order valence-electron chi connectivity index (χ1n) is 11.6. The molecule has 2 aromatic carbocycles. The molecule has 0 radical (unpaired) electrons. The lowest BCUT2D eigenvalue weighted by Gasteiger charge is -2.29. The topological polar surface area (TPSA) is 92.0 Å². The van der Waals surface area contributed by atoms with E-state index in [4.69, 9.17) is 9.72 Å². The van der Waals surface area contributed by atoms with Gasteiger partial charge in [-0.15, -0.1) is 0 Å². The number of carboxylic acid groups (broad SMARTS) is 1. The van der Waals surface area contributed by atoms with Crippen LogP contribution in [0.5, 0.6) is 0 Å². The quantitative estimate of drug-likeness (QED) is 0.358. The van der Waals surface area contributed by atoms with Crippen molar-refractivity contribution < 1.29 is 32.2 Å². The molecule has 3 heterocycles. The SMILES string of the molecule is Cc1cc(C(C)Nc2cc(F)ccc2C(=O)O)c2nc(N3CCOCC3)n3cc(C(F)(F)F)nc3c2c1. The van der Waals surface area contributed by atoms with Gasteiger partial charge in [-0.2, -0.15) is 13.2 Å². The van der Waals surface area contributed by atoms with Gasteiger partial charge in [-0.25, -0.2) is 19.2 Å². The summed E-state index contributed by atoms with van der Waals surface area (Å²) in [7, 11) is 0. The smallest absolute Gasteiger partial charge is 0.434 e. The summed E-state index contributed by atoms with van der Waals surface area (Å²) in [5.74, 6) is -1.54. The van der Waals surface area contributed by atoms with Crippen LogP contribution >= 0.6 is 0 Å². The molecule has 1 atom stereocenters. The lowest BCUT2D eigenvalue weighted by atomic mass is 10.0. The first-order chi connectivity index (χ1) is 17.5. The molecular formula is C25H23F4N5O3. The number of fused-ring (bicyclic) bond motifs is 3. The number of imidazole rings is 1. The summed E-state index contributed by atoms with van der Waals surface area (Å²) in [6, 6.07) is 6.28. The molecular weight excluding hydrogens is 494 g/mol. The summed E-state index contributed by atoms with van der Waals surface area (Å²) in [5, 5.41) is 13.0. The minimum Gasteiger partial charge on any atom is -0.478 e. The molecule has 2 N–H and O–H groups in total. The van der Waals surface area contributed by atoms with Crippen LogP contribution in [-0.2, 0) is 10.9 Å². The number of aryl methyl sites for hydroxylation is 1. The maximum absolute atomic E-state index is 13.9. The first-order valence-corrected chi connectivity index (χ1v) is 11.6. The van der Waals surface area contributed by atoms with E-state index in [0.717, 1.165) is 23.9 Å². The van der Waals surface area contributed by atoms with Crippen LogP contribution in [0.15, 0.2) is 36.5 Å². The van der Waals surface area contributed by atoms with E-state index < -0.39 is 29.7 Å². The number of hydrogen-bond donors (Lipinski definition) is 2. The lowest BCUT2D eigenvalue weighted by Crippen LogP contribution is -2.38. The number of morpholine rings is 1. The molecule has 0 saturated carbocycles. The van der Waals surface area contributed by atoms with Crippen LogP contribution in [0.2, 0.25) is 0 Å². The molecule has 1 aliphatic heterocycles. The van der Waals surface area contributed by atoms with E-state index in [1.807, 2.05) is 11.0 Å². The second-order valence-electron chi connectivity index (χ2n) is 8.94. The Morgan fingerprint density at radius 1 is 1.16 bits per heavy atom. The molecule has 8 nitrogen and oxygen atoms in total. The predicted molar refractivity (Wildman–Crippen MR) is 129 cm³/mol. The Bertz CT molecular complexity index is 1510. The largest absolute Gasteiger partial charge is 0.478 e. The number of halogens is 4. The number of aromatic carboxylic acids is 1. The molecule has 0 aliphatic carbocycles. The highest BCUT2D eigenvalue weighted by Gasteiger charge is 2.35. The van der Waals surface area contributed by atoms with Gasteiger partial charge >= 0.3 is 12.1 Å². The van der Waals surface area contributed by atoms with Gasteiger partial charge in [0.2, 0.25) is 5.95 Å². The van der Waals surface area contributed by atoms with Crippen molar-refractivity contribution in [1.29, 1.82) is 0 Å². The number of ether oxygens (including phenoxy) is 1. The van der Waals surface area contributed by atoms with Crippen LogP contribution in [-0.4, -0.2) is 51.7 Å². The third-order valence-corrected chi connectivity index (χ3v) is 6.29. The van der Waals surface area contributed by atoms with Crippen molar-refractivity contribution in [1.82, 2.24) is 14.4 Å². The van der Waals surface area contributed by atoms with Crippen molar-refractivity contribution in [3.8, 4) is 0 Å². The van der Waals surface area contributed by atoms with Crippen LogP contribution in [0.3, 0.4) is 0 Å². The second-order valence-corrected chi connectivity index (χ2v) is 8.94. The molecule has 1 fully saturated rings. The number of alkyl halides is 3. The van der Waals surface area contributed by atoms with E-state index >= 15 is 0 Å². The van der Waals surface area contributed by atoms with E-state index in [1.54, 1.807) is 19.9 Å². The lowest BCUT2D eigenvalue weighted by molar-refractivity contribution is -0.140. The van der Waals surface area contributed by atoms with Crippen molar-refractivity contribution >= 4 is 34.2 Å². The molecule has 0 spiro atoms. The zero-order valence-electron chi connectivity index (χ0n) is 19.9. The van der Waals surface area contributed by atoms with E-state index in [9.17, 15) is 27.5 Å². The Kier molecular flexibility index (Phi) is 6.14. The minimum absolute atomic E-state index is 0.0734. The number of nitrogens with zero attached hydrogens (tertiary/aromatic N) is 4. The van der Waals surface area contributed by atoms with Gasteiger partial charge in [0.15, 0.2) is 5.69 Å². The zero-order valence-corrected chi connectivity index (χ0v) is 19.9. The highest BCUT2D eigenvalue weighted by atomic mass is 19.4. The van der Waals surface area contributed by atoms with Gasteiger partial charge in [0.05, 0.1) is 36.0 Å². The molecule has 0 amide bonds. The van der Waals surface area contributed by atoms with Gasteiger partial charge in [0.25, 0.3) is 0 Å². The molecule has 37 heavy (non-hydrogen) atoms. The Morgan fingerprint density at radius 3 is 2.57 bits per heavy atom. The van der Waals surface area contributed by atoms with E-state index in [-0.39, 0.29) is 16.9 Å². The molecule has 2 aromatic heterocycles. The average molecular weight is 517 g/mol. The minimum atomic E-state index is -4.65. The molecule has 1 saturated heterocycles. The predicted octanol–water partition coefficient (Wildman–Crippen LogP) is 5.06. The fourth-order valence-corrected chi connectivity index (χ4v) is 4.57. The van der Waals surface area contributed by atoms with Crippen LogP contribution in [0.4, 0.5) is 29.2 Å².